The first-order chi connectivity index (χ1) is 8.58. The first kappa shape index (κ1) is 12.9. The van der Waals surface area contributed by atoms with Gasteiger partial charge in [-0.2, -0.15) is 0 Å². The third kappa shape index (κ3) is 2.81. The van der Waals surface area contributed by atoms with Crippen molar-refractivity contribution in [2.45, 2.75) is 26.2 Å². The van der Waals surface area contributed by atoms with Crippen LogP contribution in [-0.4, -0.2) is 12.5 Å². The van der Waals surface area contributed by atoms with E-state index < -0.39 is 5.82 Å². The van der Waals surface area contributed by atoms with Crippen molar-refractivity contribution in [3.8, 4) is 0 Å². The van der Waals surface area contributed by atoms with Crippen molar-refractivity contribution in [3.63, 3.8) is 0 Å². The Labute approximate surface area is 107 Å². The van der Waals surface area contributed by atoms with Crippen molar-refractivity contribution in [1.82, 2.24) is 5.32 Å². The molecule has 1 amide bonds. The topological polar surface area (TPSA) is 55.1 Å². The van der Waals surface area contributed by atoms with E-state index in [9.17, 15) is 9.18 Å². The van der Waals surface area contributed by atoms with E-state index in [0.29, 0.717) is 12.5 Å². The summed E-state index contributed by atoms with van der Waals surface area (Å²) in [5.74, 6) is 0.452. The van der Waals surface area contributed by atoms with Gasteiger partial charge in [0, 0.05) is 6.54 Å². The second-order valence-corrected chi connectivity index (χ2v) is 5.20. The molecule has 3 nitrogen and oxygen atoms in total. The highest BCUT2D eigenvalue weighted by Crippen LogP contribution is 2.29. The number of benzene rings is 1. The van der Waals surface area contributed by atoms with Gasteiger partial charge in [-0.15, -0.1) is 0 Å². The molecule has 3 N–H and O–H groups in total. The zero-order valence-corrected chi connectivity index (χ0v) is 10.6. The number of anilines is 1. The average Bonchev–Trinajstić information content (AvgIpc) is 2.76. The quantitative estimate of drug-likeness (QED) is 0.810. The van der Waals surface area contributed by atoms with E-state index in [-0.39, 0.29) is 17.2 Å². The second kappa shape index (κ2) is 5.38. The third-order valence-corrected chi connectivity index (χ3v) is 3.65. The van der Waals surface area contributed by atoms with E-state index >= 15 is 0 Å². The van der Waals surface area contributed by atoms with Crippen molar-refractivity contribution in [3.05, 3.63) is 29.6 Å². The van der Waals surface area contributed by atoms with Gasteiger partial charge in [0.2, 0.25) is 0 Å². The summed E-state index contributed by atoms with van der Waals surface area (Å²) in [6.07, 6.45) is 3.53. The molecule has 1 fully saturated rings. The number of nitrogens with two attached hydrogens (primary N) is 1. The number of rotatable bonds is 3. The van der Waals surface area contributed by atoms with Gasteiger partial charge in [-0.25, -0.2) is 4.39 Å². The van der Waals surface area contributed by atoms with E-state index in [1.165, 1.54) is 18.6 Å². The summed E-state index contributed by atoms with van der Waals surface area (Å²) < 4.78 is 13.2. The number of hydrogen-bond acceptors (Lipinski definition) is 2. The molecule has 18 heavy (non-hydrogen) atoms. The van der Waals surface area contributed by atoms with Crippen LogP contribution in [0, 0.1) is 17.7 Å². The number of para-hydroxylation sites is 1. The maximum atomic E-state index is 13.2. The molecular formula is C14H19FN2O. The Morgan fingerprint density at radius 3 is 2.94 bits per heavy atom. The van der Waals surface area contributed by atoms with Crippen LogP contribution in [0.1, 0.15) is 36.5 Å². The fourth-order valence-electron chi connectivity index (χ4n) is 2.58. The van der Waals surface area contributed by atoms with Gasteiger partial charge in [-0.1, -0.05) is 19.4 Å². The van der Waals surface area contributed by atoms with Crippen LogP contribution in [0.5, 0.6) is 0 Å². The van der Waals surface area contributed by atoms with E-state index in [0.717, 1.165) is 18.8 Å². The molecule has 98 valence electrons. The van der Waals surface area contributed by atoms with E-state index in [2.05, 4.69) is 12.2 Å². The zero-order valence-electron chi connectivity index (χ0n) is 10.6. The maximum Gasteiger partial charge on any atom is 0.253 e. The number of amides is 1. The molecule has 2 unspecified atom stereocenters. The molecule has 0 aromatic heterocycles. The summed E-state index contributed by atoms with van der Waals surface area (Å²) >= 11 is 0. The number of nitrogen functional groups attached to an aromatic ring is 1. The lowest BCUT2D eigenvalue weighted by Crippen LogP contribution is -2.29. The van der Waals surface area contributed by atoms with Crippen molar-refractivity contribution in [2.24, 2.45) is 11.8 Å². The van der Waals surface area contributed by atoms with Crippen molar-refractivity contribution < 1.29 is 9.18 Å². The minimum atomic E-state index is -0.544. The molecule has 4 heteroatoms. The van der Waals surface area contributed by atoms with Gasteiger partial charge in [-0.05, 0) is 36.8 Å². The van der Waals surface area contributed by atoms with E-state index in [1.807, 2.05) is 0 Å². The highest BCUT2D eigenvalue weighted by Gasteiger charge is 2.22. The summed E-state index contributed by atoms with van der Waals surface area (Å²) in [5.41, 5.74) is 5.70. The monoisotopic (exact) mass is 250 g/mol. The van der Waals surface area contributed by atoms with Crippen molar-refractivity contribution in [1.29, 1.82) is 0 Å². The van der Waals surface area contributed by atoms with Gasteiger partial charge >= 0.3 is 0 Å². The third-order valence-electron chi connectivity index (χ3n) is 3.65. The molecule has 1 saturated carbocycles. The zero-order chi connectivity index (χ0) is 13.1. The Bertz CT molecular complexity index is 447. The Kier molecular flexibility index (Phi) is 3.84. The molecule has 1 aliphatic rings. The lowest BCUT2D eigenvalue weighted by atomic mass is 10.1. The average molecular weight is 250 g/mol. The highest BCUT2D eigenvalue weighted by molar-refractivity contribution is 5.99. The maximum absolute atomic E-state index is 13.2. The Morgan fingerprint density at radius 1 is 1.50 bits per heavy atom. The van der Waals surface area contributed by atoms with Crippen LogP contribution in [0.3, 0.4) is 0 Å². The van der Waals surface area contributed by atoms with Crippen LogP contribution in [0.2, 0.25) is 0 Å². The second-order valence-electron chi connectivity index (χ2n) is 5.20. The normalized spacial score (nSPS) is 23.0. The minimum Gasteiger partial charge on any atom is -0.396 e. The largest absolute Gasteiger partial charge is 0.396 e. The Hall–Kier alpha value is -1.58. The molecule has 1 aromatic rings. The SMILES string of the molecule is CC1CCC(CNC(=O)c2cccc(F)c2N)C1. The van der Waals surface area contributed by atoms with Gasteiger partial charge in [0.05, 0.1) is 11.3 Å². The van der Waals surface area contributed by atoms with Gasteiger partial charge in [0.15, 0.2) is 0 Å². The van der Waals surface area contributed by atoms with Crippen LogP contribution in [0.25, 0.3) is 0 Å². The minimum absolute atomic E-state index is 0.0743. The number of nitrogens with one attached hydrogen (secondary N) is 1. The van der Waals surface area contributed by atoms with E-state index in [1.54, 1.807) is 6.07 Å². The first-order valence-corrected chi connectivity index (χ1v) is 6.40. The summed E-state index contributed by atoms with van der Waals surface area (Å²) in [6, 6.07) is 4.30. The number of hydrogen-bond donors (Lipinski definition) is 2. The van der Waals surface area contributed by atoms with Crippen molar-refractivity contribution >= 4 is 11.6 Å². The molecule has 0 bridgehead atoms. The van der Waals surface area contributed by atoms with Crippen molar-refractivity contribution in [2.75, 3.05) is 12.3 Å². The van der Waals surface area contributed by atoms with Gasteiger partial charge < -0.3 is 11.1 Å². The predicted molar refractivity (Wildman–Crippen MR) is 69.7 cm³/mol. The Balaban J connectivity index is 1.94. The van der Waals surface area contributed by atoms with Crippen LogP contribution in [-0.2, 0) is 0 Å². The summed E-state index contributed by atoms with van der Waals surface area (Å²) in [5, 5.41) is 2.84. The molecule has 2 atom stereocenters. The predicted octanol–water partition coefficient (Wildman–Crippen LogP) is 2.57. The van der Waals surface area contributed by atoms with Gasteiger partial charge in [0.25, 0.3) is 5.91 Å². The van der Waals surface area contributed by atoms with Crippen LogP contribution in [0.15, 0.2) is 18.2 Å². The summed E-state index contributed by atoms with van der Waals surface area (Å²) in [7, 11) is 0. The fraction of sp³-hybridized carbons (Fsp3) is 0.500. The molecule has 0 aliphatic heterocycles. The highest BCUT2D eigenvalue weighted by atomic mass is 19.1. The summed E-state index contributed by atoms with van der Waals surface area (Å²) in [6.45, 7) is 2.88. The van der Waals surface area contributed by atoms with E-state index in [4.69, 9.17) is 5.73 Å². The molecule has 0 spiro atoms. The molecular weight excluding hydrogens is 231 g/mol. The first-order valence-electron chi connectivity index (χ1n) is 6.40. The van der Waals surface area contributed by atoms with Gasteiger partial charge in [-0.3, -0.25) is 4.79 Å². The fourth-order valence-corrected chi connectivity index (χ4v) is 2.58. The standard InChI is InChI=1S/C14H19FN2O/c1-9-5-6-10(7-9)8-17-14(18)11-3-2-4-12(15)13(11)16/h2-4,9-10H,5-8,16H2,1H3,(H,17,18). The van der Waals surface area contributed by atoms with Crippen LogP contribution < -0.4 is 11.1 Å². The number of halogens is 1. The lowest BCUT2D eigenvalue weighted by molar-refractivity contribution is 0.0947. The molecule has 0 heterocycles. The molecule has 1 aliphatic carbocycles. The summed E-state index contributed by atoms with van der Waals surface area (Å²) in [4.78, 5) is 11.9. The molecule has 1 aromatic carbocycles. The smallest absolute Gasteiger partial charge is 0.253 e. The van der Waals surface area contributed by atoms with Gasteiger partial charge in [0.1, 0.15) is 5.82 Å². The Morgan fingerprint density at radius 2 is 2.28 bits per heavy atom. The van der Waals surface area contributed by atoms with Crippen LogP contribution >= 0.6 is 0 Å². The lowest BCUT2D eigenvalue weighted by Gasteiger charge is -2.12. The number of carbonyl (C=O) groups excluding carboxylic acids is 1. The molecule has 0 radical (unpaired) electrons. The number of carbonyl (C=O) groups is 1. The molecule has 2 rings (SSSR count). The molecule has 0 saturated heterocycles. The van der Waals surface area contributed by atoms with Crippen LogP contribution in [0.4, 0.5) is 10.1 Å².